The molecule has 23 heavy (non-hydrogen) atoms. The van der Waals surface area contributed by atoms with Crippen LogP contribution < -0.4 is 4.74 Å². The van der Waals surface area contributed by atoms with Crippen LogP contribution in [0, 0.1) is 0 Å². The Morgan fingerprint density at radius 1 is 0.739 bits per heavy atom. The van der Waals surface area contributed by atoms with Gasteiger partial charge in [0.2, 0.25) is 0 Å². The first-order valence-electron chi connectivity index (χ1n) is 8.40. The number of aliphatic hydroxyl groups excluding tert-OH is 2. The molecule has 0 saturated heterocycles. The third kappa shape index (κ3) is 17.1. The van der Waals surface area contributed by atoms with E-state index in [1.54, 1.807) is 0 Å². The second-order valence-electron chi connectivity index (χ2n) is 4.89. The van der Waals surface area contributed by atoms with E-state index in [4.69, 9.17) is 24.4 Å². The largest absolute Gasteiger partial charge is 0.494 e. The van der Waals surface area contributed by atoms with Crippen LogP contribution in [0.1, 0.15) is 32.6 Å². The van der Waals surface area contributed by atoms with Gasteiger partial charge in [-0.1, -0.05) is 44.4 Å². The maximum Gasteiger partial charge on any atom is 0.119 e. The molecule has 0 radical (unpaired) electrons. The Morgan fingerprint density at radius 3 is 1.87 bits per heavy atom. The quantitative estimate of drug-likeness (QED) is 0.545. The van der Waals surface area contributed by atoms with Gasteiger partial charge in [0.25, 0.3) is 0 Å². The van der Waals surface area contributed by atoms with Crippen molar-refractivity contribution in [1.29, 1.82) is 0 Å². The van der Waals surface area contributed by atoms with Gasteiger partial charge in [0.05, 0.1) is 46.2 Å². The lowest BCUT2D eigenvalue weighted by molar-refractivity contribution is 0.0222. The van der Waals surface area contributed by atoms with E-state index in [2.05, 4.69) is 6.92 Å². The third-order valence-electron chi connectivity index (χ3n) is 2.85. The molecular weight excluding hydrogens is 296 g/mol. The fraction of sp³-hybridized carbons (Fsp3) is 0.667. The standard InChI is InChI=1S/C12H18O.C6H14O4/c1-2-3-4-8-11-13-12-9-6-5-7-10-12;7-1-3-9-5-6-10-4-2-8/h5-7,9-10H,2-4,8,11H2,1H3;7-8H,1-6H2. The molecule has 0 aliphatic carbocycles. The molecule has 0 aliphatic heterocycles. The van der Waals surface area contributed by atoms with Gasteiger partial charge in [0.1, 0.15) is 5.75 Å². The van der Waals surface area contributed by atoms with Gasteiger partial charge < -0.3 is 24.4 Å². The van der Waals surface area contributed by atoms with Crippen LogP contribution in [0.2, 0.25) is 0 Å². The van der Waals surface area contributed by atoms with E-state index in [0.29, 0.717) is 26.4 Å². The maximum absolute atomic E-state index is 8.26. The molecule has 0 amide bonds. The molecule has 0 saturated carbocycles. The van der Waals surface area contributed by atoms with Crippen LogP contribution >= 0.6 is 0 Å². The molecule has 0 aromatic heterocycles. The third-order valence-corrected chi connectivity index (χ3v) is 2.85. The molecule has 1 aromatic rings. The fourth-order valence-electron chi connectivity index (χ4n) is 1.69. The Bertz CT molecular complexity index is 310. The number of rotatable bonds is 13. The number of aliphatic hydroxyl groups is 2. The maximum atomic E-state index is 8.26. The predicted octanol–water partition coefficient (Wildman–Crippen LogP) is 2.65. The highest BCUT2D eigenvalue weighted by Gasteiger charge is 1.91. The predicted molar refractivity (Wildman–Crippen MR) is 91.9 cm³/mol. The van der Waals surface area contributed by atoms with E-state index in [1.807, 2.05) is 30.3 Å². The molecule has 0 bridgehead atoms. The highest BCUT2D eigenvalue weighted by Crippen LogP contribution is 2.09. The van der Waals surface area contributed by atoms with E-state index < -0.39 is 0 Å². The normalized spacial score (nSPS) is 10.0. The fourth-order valence-corrected chi connectivity index (χ4v) is 1.69. The summed E-state index contributed by atoms with van der Waals surface area (Å²) in [5.74, 6) is 0.985. The lowest BCUT2D eigenvalue weighted by atomic mass is 10.2. The van der Waals surface area contributed by atoms with Crippen molar-refractivity contribution in [2.75, 3.05) is 46.2 Å². The first kappa shape index (κ1) is 21.9. The first-order chi connectivity index (χ1) is 11.3. The molecule has 5 nitrogen and oxygen atoms in total. The number of benzene rings is 1. The number of para-hydroxylation sites is 1. The smallest absolute Gasteiger partial charge is 0.119 e. The van der Waals surface area contributed by atoms with Crippen molar-refractivity contribution in [2.24, 2.45) is 0 Å². The molecule has 0 fully saturated rings. The van der Waals surface area contributed by atoms with Crippen LogP contribution in [0.15, 0.2) is 30.3 Å². The van der Waals surface area contributed by atoms with Crippen LogP contribution in [0.3, 0.4) is 0 Å². The molecule has 0 spiro atoms. The second kappa shape index (κ2) is 18.9. The van der Waals surface area contributed by atoms with Crippen LogP contribution in [0.4, 0.5) is 0 Å². The van der Waals surface area contributed by atoms with Crippen LogP contribution in [0.5, 0.6) is 5.75 Å². The average Bonchev–Trinajstić information content (AvgIpc) is 2.59. The number of hydrogen-bond acceptors (Lipinski definition) is 5. The molecular formula is C18H32O5. The van der Waals surface area contributed by atoms with E-state index >= 15 is 0 Å². The van der Waals surface area contributed by atoms with Gasteiger partial charge in [0, 0.05) is 0 Å². The zero-order valence-corrected chi connectivity index (χ0v) is 14.3. The van der Waals surface area contributed by atoms with Gasteiger partial charge in [-0.3, -0.25) is 0 Å². The highest BCUT2D eigenvalue weighted by molar-refractivity contribution is 5.20. The van der Waals surface area contributed by atoms with Crippen molar-refractivity contribution in [3.05, 3.63) is 30.3 Å². The molecule has 0 atom stereocenters. The van der Waals surface area contributed by atoms with Crippen molar-refractivity contribution in [3.8, 4) is 5.75 Å². The summed E-state index contributed by atoms with van der Waals surface area (Å²) in [4.78, 5) is 0. The minimum Gasteiger partial charge on any atom is -0.494 e. The van der Waals surface area contributed by atoms with Gasteiger partial charge in [-0.15, -0.1) is 0 Å². The van der Waals surface area contributed by atoms with Crippen molar-refractivity contribution < 1.29 is 24.4 Å². The van der Waals surface area contributed by atoms with E-state index in [9.17, 15) is 0 Å². The minimum atomic E-state index is 0.0417. The molecule has 0 aliphatic rings. The summed E-state index contributed by atoms with van der Waals surface area (Å²) in [6, 6.07) is 10.0. The summed E-state index contributed by atoms with van der Waals surface area (Å²) in [5.41, 5.74) is 0. The van der Waals surface area contributed by atoms with Crippen LogP contribution in [-0.2, 0) is 9.47 Å². The SMILES string of the molecule is CCCCCCOc1ccccc1.OCCOCCOCCO. The number of unbranched alkanes of at least 4 members (excludes halogenated alkanes) is 3. The van der Waals surface area contributed by atoms with Crippen LogP contribution in [0.25, 0.3) is 0 Å². The summed E-state index contributed by atoms with van der Waals surface area (Å²) in [7, 11) is 0. The lowest BCUT2D eigenvalue weighted by Crippen LogP contribution is -2.09. The number of ether oxygens (including phenoxy) is 3. The molecule has 0 unspecified atom stereocenters. The molecule has 0 heterocycles. The summed E-state index contributed by atoms with van der Waals surface area (Å²) < 4.78 is 15.3. The Morgan fingerprint density at radius 2 is 1.35 bits per heavy atom. The Kier molecular flexibility index (Phi) is 18.0. The van der Waals surface area contributed by atoms with Gasteiger partial charge in [-0.2, -0.15) is 0 Å². The van der Waals surface area contributed by atoms with E-state index in [-0.39, 0.29) is 13.2 Å². The molecule has 2 N–H and O–H groups in total. The van der Waals surface area contributed by atoms with E-state index in [0.717, 1.165) is 12.4 Å². The molecule has 1 rings (SSSR count). The van der Waals surface area contributed by atoms with Crippen molar-refractivity contribution >= 4 is 0 Å². The zero-order valence-electron chi connectivity index (χ0n) is 14.3. The molecule has 5 heteroatoms. The summed E-state index contributed by atoms with van der Waals surface area (Å²) in [5, 5.41) is 16.5. The topological polar surface area (TPSA) is 68.2 Å². The van der Waals surface area contributed by atoms with Gasteiger partial charge in [-0.25, -0.2) is 0 Å². The summed E-state index contributed by atoms with van der Waals surface area (Å²) in [6.45, 7) is 4.80. The lowest BCUT2D eigenvalue weighted by Gasteiger charge is -2.04. The summed E-state index contributed by atoms with van der Waals surface area (Å²) >= 11 is 0. The number of hydrogen-bond donors (Lipinski definition) is 2. The zero-order chi connectivity index (χ0) is 17.0. The monoisotopic (exact) mass is 328 g/mol. The van der Waals surface area contributed by atoms with Gasteiger partial charge in [-0.05, 0) is 18.6 Å². The van der Waals surface area contributed by atoms with Crippen molar-refractivity contribution in [2.45, 2.75) is 32.6 Å². The highest BCUT2D eigenvalue weighted by atomic mass is 16.5. The minimum absolute atomic E-state index is 0.0417. The summed E-state index contributed by atoms with van der Waals surface area (Å²) in [6.07, 6.45) is 5.05. The van der Waals surface area contributed by atoms with Crippen LogP contribution in [-0.4, -0.2) is 56.5 Å². The molecule has 1 aromatic carbocycles. The van der Waals surface area contributed by atoms with Crippen molar-refractivity contribution in [3.63, 3.8) is 0 Å². The van der Waals surface area contributed by atoms with Gasteiger partial charge >= 0.3 is 0 Å². The van der Waals surface area contributed by atoms with Crippen molar-refractivity contribution in [1.82, 2.24) is 0 Å². The molecule has 134 valence electrons. The first-order valence-corrected chi connectivity index (χ1v) is 8.40. The Labute approximate surface area is 140 Å². The second-order valence-corrected chi connectivity index (χ2v) is 4.89. The average molecular weight is 328 g/mol. The Hall–Kier alpha value is -1.14. The van der Waals surface area contributed by atoms with Gasteiger partial charge in [0.15, 0.2) is 0 Å². The Balaban J connectivity index is 0.000000438. The van der Waals surface area contributed by atoms with E-state index in [1.165, 1.54) is 25.7 Å².